The Morgan fingerprint density at radius 2 is 2.33 bits per heavy atom. The molecule has 0 spiro atoms. The molecule has 1 atom stereocenters. The maximum Gasteiger partial charge on any atom is 0.308 e. The van der Waals surface area contributed by atoms with E-state index in [1.807, 2.05) is 6.92 Å². The van der Waals surface area contributed by atoms with Crippen LogP contribution in [-0.2, 0) is 4.79 Å². The number of carboxylic acids is 1. The maximum absolute atomic E-state index is 10.9. The molecule has 0 aliphatic rings. The predicted molar refractivity (Wildman–Crippen MR) is 64.2 cm³/mol. The summed E-state index contributed by atoms with van der Waals surface area (Å²) in [6.07, 6.45) is 1.91. The number of aromatic nitrogens is 3. The molecule has 0 aromatic carbocycles. The van der Waals surface area contributed by atoms with Crippen molar-refractivity contribution in [3.8, 4) is 0 Å². The van der Waals surface area contributed by atoms with E-state index in [9.17, 15) is 4.79 Å². The molecule has 96 valence electrons. The largest absolute Gasteiger partial charge is 0.481 e. The van der Waals surface area contributed by atoms with Crippen LogP contribution in [0, 0.1) is 12.8 Å². The number of hydrogen-bond donors (Lipinski definition) is 2. The highest BCUT2D eigenvalue weighted by Gasteiger charge is 2.17. The van der Waals surface area contributed by atoms with Crippen LogP contribution in [0.5, 0.6) is 0 Å². The number of fused-ring (bicyclic) bond motifs is 1. The van der Waals surface area contributed by atoms with Crippen molar-refractivity contribution in [2.75, 3.05) is 11.9 Å². The first-order valence-corrected chi connectivity index (χ1v) is 5.67. The lowest BCUT2D eigenvalue weighted by Gasteiger charge is -2.11. The fraction of sp³-hybridized carbons (Fsp3) is 0.455. The number of nitrogens with zero attached hydrogens (tertiary/aromatic N) is 3. The van der Waals surface area contributed by atoms with Crippen LogP contribution in [0.3, 0.4) is 0 Å². The van der Waals surface area contributed by atoms with Crippen molar-refractivity contribution < 1.29 is 14.4 Å². The molecule has 0 aliphatic heterocycles. The number of hydrogen-bond acceptors (Lipinski definition) is 6. The Morgan fingerprint density at radius 3 is 3.00 bits per heavy atom. The normalized spacial score (nSPS) is 12.6. The zero-order valence-corrected chi connectivity index (χ0v) is 10.2. The van der Waals surface area contributed by atoms with Gasteiger partial charge in [-0.3, -0.25) is 4.79 Å². The average molecular weight is 250 g/mol. The van der Waals surface area contributed by atoms with E-state index in [4.69, 9.17) is 9.63 Å². The van der Waals surface area contributed by atoms with Gasteiger partial charge in [-0.05, 0) is 13.3 Å². The number of rotatable bonds is 5. The van der Waals surface area contributed by atoms with Crippen molar-refractivity contribution in [2.45, 2.75) is 20.3 Å². The van der Waals surface area contributed by atoms with Gasteiger partial charge < -0.3 is 14.9 Å². The van der Waals surface area contributed by atoms with Crippen molar-refractivity contribution in [3.63, 3.8) is 0 Å². The second-order valence-corrected chi connectivity index (χ2v) is 3.99. The van der Waals surface area contributed by atoms with Gasteiger partial charge in [0, 0.05) is 6.54 Å². The number of aliphatic carboxylic acids is 1. The Bertz CT molecular complexity index is 566. The van der Waals surface area contributed by atoms with Crippen LogP contribution in [-0.4, -0.2) is 32.7 Å². The van der Waals surface area contributed by atoms with E-state index < -0.39 is 11.9 Å². The number of carboxylic acid groups (broad SMARTS) is 1. The minimum absolute atomic E-state index is 0.308. The van der Waals surface area contributed by atoms with Crippen molar-refractivity contribution in [1.82, 2.24) is 15.1 Å². The molecule has 7 nitrogen and oxygen atoms in total. The monoisotopic (exact) mass is 250 g/mol. The van der Waals surface area contributed by atoms with E-state index in [1.165, 1.54) is 6.33 Å². The van der Waals surface area contributed by atoms with Crippen molar-refractivity contribution in [2.24, 2.45) is 5.92 Å². The molecule has 2 heterocycles. The molecular weight excluding hydrogens is 236 g/mol. The third-order valence-electron chi connectivity index (χ3n) is 2.80. The molecule has 0 saturated carbocycles. The molecular formula is C11H14N4O3. The highest BCUT2D eigenvalue weighted by atomic mass is 16.5. The molecule has 2 aromatic heterocycles. The van der Waals surface area contributed by atoms with Gasteiger partial charge in [-0.25, -0.2) is 4.98 Å². The fourth-order valence-corrected chi connectivity index (χ4v) is 1.68. The minimum atomic E-state index is -0.822. The maximum atomic E-state index is 10.9. The lowest BCUT2D eigenvalue weighted by Crippen LogP contribution is -2.22. The summed E-state index contributed by atoms with van der Waals surface area (Å²) in [5.41, 5.74) is 1.07. The second-order valence-electron chi connectivity index (χ2n) is 3.99. The lowest BCUT2D eigenvalue weighted by molar-refractivity contribution is -0.141. The predicted octanol–water partition coefficient (Wildman–Crippen LogP) is 1.45. The quantitative estimate of drug-likeness (QED) is 0.827. The molecule has 2 rings (SSSR count). The SMILES string of the molecule is CCC(CNc1ncnc2onc(C)c12)C(=O)O. The molecule has 18 heavy (non-hydrogen) atoms. The van der Waals surface area contributed by atoms with Crippen molar-refractivity contribution >= 4 is 22.9 Å². The Kier molecular flexibility index (Phi) is 3.40. The molecule has 0 aliphatic carbocycles. The molecule has 2 N–H and O–H groups in total. The molecule has 0 amide bonds. The average Bonchev–Trinajstić information content (AvgIpc) is 2.72. The van der Waals surface area contributed by atoms with Crippen molar-refractivity contribution in [1.29, 1.82) is 0 Å². The minimum Gasteiger partial charge on any atom is -0.481 e. The van der Waals surface area contributed by atoms with Crippen LogP contribution >= 0.6 is 0 Å². The summed E-state index contributed by atoms with van der Waals surface area (Å²) < 4.78 is 5.01. The summed E-state index contributed by atoms with van der Waals surface area (Å²) in [4.78, 5) is 19.0. The van der Waals surface area contributed by atoms with Crippen LogP contribution in [0.2, 0.25) is 0 Å². The third kappa shape index (κ3) is 2.24. The van der Waals surface area contributed by atoms with Crippen LogP contribution < -0.4 is 5.32 Å². The Balaban J connectivity index is 2.21. The first-order chi connectivity index (χ1) is 8.63. The van der Waals surface area contributed by atoms with Crippen LogP contribution in [0.1, 0.15) is 19.0 Å². The summed E-state index contributed by atoms with van der Waals surface area (Å²) in [5, 5.41) is 16.5. The third-order valence-corrected chi connectivity index (χ3v) is 2.80. The van der Waals surface area contributed by atoms with E-state index in [1.54, 1.807) is 6.92 Å². The fourth-order valence-electron chi connectivity index (χ4n) is 1.68. The number of aryl methyl sites for hydroxylation is 1. The Morgan fingerprint density at radius 1 is 1.56 bits per heavy atom. The molecule has 7 heteroatoms. The number of carbonyl (C=O) groups is 1. The van der Waals surface area contributed by atoms with Crippen LogP contribution in [0.25, 0.3) is 11.1 Å². The van der Waals surface area contributed by atoms with E-state index in [0.717, 1.165) is 0 Å². The van der Waals surface area contributed by atoms with E-state index >= 15 is 0 Å². The lowest BCUT2D eigenvalue weighted by atomic mass is 10.1. The topological polar surface area (TPSA) is 101 Å². The zero-order chi connectivity index (χ0) is 13.1. The smallest absolute Gasteiger partial charge is 0.308 e. The summed E-state index contributed by atoms with van der Waals surface area (Å²) in [6, 6.07) is 0. The van der Waals surface area contributed by atoms with Gasteiger partial charge >= 0.3 is 5.97 Å². The highest BCUT2D eigenvalue weighted by molar-refractivity contribution is 5.87. The van der Waals surface area contributed by atoms with Crippen molar-refractivity contribution in [3.05, 3.63) is 12.0 Å². The van der Waals surface area contributed by atoms with E-state index in [2.05, 4.69) is 20.4 Å². The number of nitrogens with one attached hydrogen (secondary N) is 1. The molecule has 2 aromatic rings. The zero-order valence-electron chi connectivity index (χ0n) is 10.2. The highest BCUT2D eigenvalue weighted by Crippen LogP contribution is 2.22. The van der Waals surface area contributed by atoms with Gasteiger partial charge in [0.25, 0.3) is 5.71 Å². The molecule has 0 radical (unpaired) electrons. The molecule has 0 bridgehead atoms. The van der Waals surface area contributed by atoms with Crippen LogP contribution in [0.4, 0.5) is 5.82 Å². The van der Waals surface area contributed by atoms with Gasteiger partial charge in [-0.1, -0.05) is 12.1 Å². The van der Waals surface area contributed by atoms with Gasteiger partial charge in [-0.2, -0.15) is 4.98 Å². The van der Waals surface area contributed by atoms with Gasteiger partial charge in [0.05, 0.1) is 11.6 Å². The second kappa shape index (κ2) is 4.99. The Labute approximate surface area is 103 Å². The first-order valence-electron chi connectivity index (χ1n) is 5.67. The molecule has 1 unspecified atom stereocenters. The van der Waals surface area contributed by atoms with Gasteiger partial charge in [0.2, 0.25) is 0 Å². The summed E-state index contributed by atoms with van der Waals surface area (Å²) >= 11 is 0. The van der Waals surface area contributed by atoms with Gasteiger partial charge in [0.15, 0.2) is 0 Å². The summed E-state index contributed by atoms with van der Waals surface area (Å²) in [6.45, 7) is 3.93. The summed E-state index contributed by atoms with van der Waals surface area (Å²) in [7, 11) is 0. The van der Waals surface area contributed by atoms with Gasteiger partial charge in [-0.15, -0.1) is 0 Å². The molecule has 0 saturated heterocycles. The standard InChI is InChI=1S/C11H14N4O3/c1-3-7(11(16)17)4-12-9-8-6(2)15-18-10(8)14-5-13-9/h5,7H,3-4H2,1-2H3,(H,16,17)(H,12,13,14). The summed E-state index contributed by atoms with van der Waals surface area (Å²) in [5.74, 6) is -0.717. The van der Waals surface area contributed by atoms with Crippen LogP contribution in [0.15, 0.2) is 10.9 Å². The first kappa shape index (κ1) is 12.3. The van der Waals surface area contributed by atoms with E-state index in [0.29, 0.717) is 35.6 Å². The Hall–Kier alpha value is -2.18. The molecule has 0 fully saturated rings. The van der Waals surface area contributed by atoms with E-state index in [-0.39, 0.29) is 0 Å². The number of anilines is 1. The van der Waals surface area contributed by atoms with Gasteiger partial charge in [0.1, 0.15) is 17.5 Å².